The number of carbonyl (C=O) groups is 2. The number of nitrogens with two attached hydrogens (primary N) is 2. The number of carbonyl (C=O) groups excluding carboxylic acids is 2. The van der Waals surface area contributed by atoms with Gasteiger partial charge in [-0.05, 0) is 19.4 Å². The van der Waals surface area contributed by atoms with Crippen LogP contribution >= 0.6 is 12.4 Å². The topological polar surface area (TPSA) is 102 Å². The first-order valence-corrected chi connectivity index (χ1v) is 6.10. The van der Waals surface area contributed by atoms with Gasteiger partial charge < -0.3 is 16.5 Å². The first kappa shape index (κ1) is 16.2. The number of rotatable bonds is 5. The summed E-state index contributed by atoms with van der Waals surface area (Å²) in [5.74, 6) is -0.644. The molecule has 1 aromatic heterocycles. The van der Waals surface area contributed by atoms with Crippen molar-refractivity contribution in [3.05, 3.63) is 36.0 Å². The summed E-state index contributed by atoms with van der Waals surface area (Å²) in [5.41, 5.74) is 11.3. The standard InChI is InChI=1S/C14H17N3O2.ClH/c1-14(16,13(15)19)7-6-12(18)10-8-17-11-5-3-2-4-9(10)11;/h2-5,8,17H,6-7,16H2,1H3,(H2,15,19);1H. The van der Waals surface area contributed by atoms with E-state index in [-0.39, 0.29) is 31.0 Å². The van der Waals surface area contributed by atoms with Gasteiger partial charge in [-0.3, -0.25) is 9.59 Å². The lowest BCUT2D eigenvalue weighted by Gasteiger charge is -2.19. The Labute approximate surface area is 123 Å². The van der Waals surface area contributed by atoms with Crippen molar-refractivity contribution in [3.8, 4) is 0 Å². The van der Waals surface area contributed by atoms with E-state index in [9.17, 15) is 9.59 Å². The molecule has 0 radical (unpaired) electrons. The molecule has 0 bridgehead atoms. The molecule has 0 saturated carbocycles. The van der Waals surface area contributed by atoms with E-state index in [1.54, 1.807) is 6.20 Å². The summed E-state index contributed by atoms with van der Waals surface area (Å²) < 4.78 is 0. The molecule has 1 amide bonds. The third-order valence-corrected chi connectivity index (χ3v) is 3.32. The van der Waals surface area contributed by atoms with Crippen LogP contribution in [0.1, 0.15) is 30.1 Å². The summed E-state index contributed by atoms with van der Waals surface area (Å²) in [6, 6.07) is 7.57. The quantitative estimate of drug-likeness (QED) is 0.732. The van der Waals surface area contributed by atoms with Gasteiger partial charge in [0.15, 0.2) is 5.78 Å². The molecule has 2 aromatic rings. The number of hydrogen-bond acceptors (Lipinski definition) is 3. The van der Waals surface area contributed by atoms with Crippen molar-refractivity contribution >= 4 is 35.0 Å². The lowest BCUT2D eigenvalue weighted by Crippen LogP contribution is -2.49. The zero-order valence-corrected chi connectivity index (χ0v) is 12.0. The Balaban J connectivity index is 0.00000200. The lowest BCUT2D eigenvalue weighted by molar-refractivity contribution is -0.122. The van der Waals surface area contributed by atoms with E-state index < -0.39 is 11.4 Å². The lowest BCUT2D eigenvalue weighted by atomic mass is 9.93. The number of aromatic nitrogens is 1. The molecule has 20 heavy (non-hydrogen) atoms. The van der Waals surface area contributed by atoms with Crippen LogP contribution in [0, 0.1) is 0 Å². The highest BCUT2D eigenvalue weighted by atomic mass is 35.5. The van der Waals surface area contributed by atoms with Gasteiger partial charge in [0.05, 0.1) is 5.54 Å². The minimum atomic E-state index is -1.15. The Morgan fingerprint density at radius 1 is 1.30 bits per heavy atom. The van der Waals surface area contributed by atoms with Crippen LogP contribution in [0.15, 0.2) is 30.5 Å². The van der Waals surface area contributed by atoms with Crippen LogP contribution in [0.4, 0.5) is 0 Å². The van der Waals surface area contributed by atoms with Gasteiger partial charge in [-0.1, -0.05) is 18.2 Å². The van der Waals surface area contributed by atoms with Gasteiger partial charge in [-0.25, -0.2) is 0 Å². The molecular formula is C14H18ClN3O2. The van der Waals surface area contributed by atoms with E-state index >= 15 is 0 Å². The number of benzene rings is 1. The summed E-state index contributed by atoms with van der Waals surface area (Å²) >= 11 is 0. The summed E-state index contributed by atoms with van der Waals surface area (Å²) in [6.45, 7) is 1.54. The molecule has 5 nitrogen and oxygen atoms in total. The molecule has 1 heterocycles. The summed E-state index contributed by atoms with van der Waals surface area (Å²) in [6.07, 6.45) is 2.11. The number of primary amides is 1. The third kappa shape index (κ3) is 3.18. The molecule has 1 atom stereocenters. The molecule has 1 unspecified atom stereocenters. The van der Waals surface area contributed by atoms with Crippen molar-refractivity contribution in [2.24, 2.45) is 11.5 Å². The number of para-hydroxylation sites is 1. The molecule has 0 saturated heterocycles. The molecule has 2 rings (SSSR count). The van der Waals surface area contributed by atoms with Gasteiger partial charge >= 0.3 is 0 Å². The van der Waals surface area contributed by atoms with Crippen LogP contribution in [0.3, 0.4) is 0 Å². The normalized spacial score (nSPS) is 13.5. The largest absolute Gasteiger partial charge is 0.368 e. The fraction of sp³-hybridized carbons (Fsp3) is 0.286. The second-order valence-corrected chi connectivity index (χ2v) is 4.95. The molecule has 1 aromatic carbocycles. The van der Waals surface area contributed by atoms with Gasteiger partial charge in [0.25, 0.3) is 0 Å². The van der Waals surface area contributed by atoms with Crippen LogP contribution in [-0.4, -0.2) is 22.2 Å². The fourth-order valence-electron chi connectivity index (χ4n) is 1.93. The molecule has 6 heteroatoms. The van der Waals surface area contributed by atoms with Gasteiger partial charge in [0.2, 0.25) is 5.91 Å². The smallest absolute Gasteiger partial charge is 0.237 e. The number of H-pyrrole nitrogens is 1. The second kappa shape index (κ2) is 6.07. The summed E-state index contributed by atoms with van der Waals surface area (Å²) in [7, 11) is 0. The molecule has 108 valence electrons. The van der Waals surface area contributed by atoms with Crippen molar-refractivity contribution in [1.29, 1.82) is 0 Å². The number of halogens is 1. The first-order valence-electron chi connectivity index (χ1n) is 6.10. The van der Waals surface area contributed by atoms with Crippen molar-refractivity contribution in [1.82, 2.24) is 4.98 Å². The Hall–Kier alpha value is -1.85. The van der Waals surface area contributed by atoms with Crippen LogP contribution in [0.2, 0.25) is 0 Å². The van der Waals surface area contributed by atoms with Gasteiger partial charge in [-0.2, -0.15) is 0 Å². The number of nitrogens with one attached hydrogen (secondary N) is 1. The van der Waals surface area contributed by atoms with Gasteiger partial charge in [0, 0.05) is 29.1 Å². The number of ketones is 1. The van der Waals surface area contributed by atoms with E-state index in [1.807, 2.05) is 24.3 Å². The Kier molecular flexibility index (Phi) is 4.92. The van der Waals surface area contributed by atoms with Gasteiger partial charge in [0.1, 0.15) is 0 Å². The highest BCUT2D eigenvalue weighted by Gasteiger charge is 2.26. The molecular weight excluding hydrogens is 278 g/mol. The predicted molar refractivity (Wildman–Crippen MR) is 80.9 cm³/mol. The fourth-order valence-corrected chi connectivity index (χ4v) is 1.93. The van der Waals surface area contributed by atoms with E-state index in [2.05, 4.69) is 4.98 Å². The average molecular weight is 296 g/mol. The number of aromatic amines is 1. The predicted octanol–water partition coefficient (Wildman–Crippen LogP) is 1.76. The number of amides is 1. The van der Waals surface area contributed by atoms with Crippen molar-refractivity contribution in [2.75, 3.05) is 0 Å². The molecule has 0 aliphatic rings. The Morgan fingerprint density at radius 2 is 1.95 bits per heavy atom. The van der Waals surface area contributed by atoms with E-state index in [1.165, 1.54) is 6.92 Å². The van der Waals surface area contributed by atoms with Crippen LogP contribution in [-0.2, 0) is 4.79 Å². The maximum Gasteiger partial charge on any atom is 0.237 e. The number of fused-ring (bicyclic) bond motifs is 1. The zero-order valence-electron chi connectivity index (χ0n) is 11.2. The van der Waals surface area contributed by atoms with Gasteiger partial charge in [-0.15, -0.1) is 12.4 Å². The summed E-state index contributed by atoms with van der Waals surface area (Å²) in [5, 5.41) is 0.880. The van der Waals surface area contributed by atoms with Crippen LogP contribution in [0.25, 0.3) is 10.9 Å². The summed E-state index contributed by atoms with van der Waals surface area (Å²) in [4.78, 5) is 26.3. The van der Waals surface area contributed by atoms with Crippen LogP contribution < -0.4 is 11.5 Å². The monoisotopic (exact) mass is 295 g/mol. The third-order valence-electron chi connectivity index (χ3n) is 3.32. The maximum absolute atomic E-state index is 12.2. The average Bonchev–Trinajstić information content (AvgIpc) is 2.79. The molecule has 0 aliphatic carbocycles. The maximum atomic E-state index is 12.2. The minimum Gasteiger partial charge on any atom is -0.368 e. The highest BCUT2D eigenvalue weighted by Crippen LogP contribution is 2.20. The second-order valence-electron chi connectivity index (χ2n) is 4.95. The molecule has 0 spiro atoms. The molecule has 0 aliphatic heterocycles. The Morgan fingerprint density at radius 3 is 2.60 bits per heavy atom. The highest BCUT2D eigenvalue weighted by molar-refractivity contribution is 6.08. The van der Waals surface area contributed by atoms with Crippen LogP contribution in [0.5, 0.6) is 0 Å². The van der Waals surface area contributed by atoms with Crippen molar-refractivity contribution in [2.45, 2.75) is 25.3 Å². The van der Waals surface area contributed by atoms with E-state index in [0.29, 0.717) is 5.56 Å². The van der Waals surface area contributed by atoms with E-state index in [0.717, 1.165) is 10.9 Å². The first-order chi connectivity index (χ1) is 8.92. The Bertz CT molecular complexity index is 634. The molecule has 0 fully saturated rings. The number of hydrogen-bond donors (Lipinski definition) is 3. The number of Topliss-reactive ketones (excluding diaryl/α,β-unsaturated/α-hetero) is 1. The van der Waals surface area contributed by atoms with Crippen molar-refractivity contribution in [3.63, 3.8) is 0 Å². The van der Waals surface area contributed by atoms with Crippen molar-refractivity contribution < 1.29 is 9.59 Å². The molecule has 5 N–H and O–H groups in total. The van der Waals surface area contributed by atoms with E-state index in [4.69, 9.17) is 11.5 Å². The SMILES string of the molecule is CC(N)(CCC(=O)c1c[nH]c2ccccc12)C(N)=O.Cl. The zero-order chi connectivity index (χ0) is 14.0. The minimum absolute atomic E-state index is 0.